The summed E-state index contributed by atoms with van der Waals surface area (Å²) in [6.45, 7) is 4.43. The number of aliphatic carboxylic acids is 1. The van der Waals surface area contributed by atoms with Gasteiger partial charge in [-0.2, -0.15) is 13.2 Å². The van der Waals surface area contributed by atoms with Crippen LogP contribution in [0.15, 0.2) is 76.3 Å². The molecule has 4 rings (SSSR count). The van der Waals surface area contributed by atoms with Crippen molar-refractivity contribution in [1.29, 1.82) is 0 Å². The molecule has 1 atom stereocenters. The molecule has 0 saturated heterocycles. The first-order chi connectivity index (χ1) is 22.8. The van der Waals surface area contributed by atoms with Gasteiger partial charge in [0.1, 0.15) is 5.82 Å². The van der Waals surface area contributed by atoms with Crippen molar-refractivity contribution in [3.05, 3.63) is 122 Å². The lowest BCUT2D eigenvalue weighted by Crippen LogP contribution is -2.45. The van der Waals surface area contributed by atoms with E-state index in [2.05, 4.69) is 19.2 Å². The monoisotopic (exact) mass is 675 g/mol. The maximum atomic E-state index is 15.6. The summed E-state index contributed by atoms with van der Waals surface area (Å²) in [6.07, 6.45) is -3.63. The summed E-state index contributed by atoms with van der Waals surface area (Å²) >= 11 is 0. The predicted octanol–water partition coefficient (Wildman–Crippen LogP) is 6.95. The van der Waals surface area contributed by atoms with E-state index in [1.54, 1.807) is 30.3 Å². The molecule has 3 aromatic carbocycles. The number of methoxy groups -OCH3 is 1. The Morgan fingerprint density at radius 2 is 1.60 bits per heavy atom. The average Bonchev–Trinajstić information content (AvgIpc) is 3.04. The number of aromatic nitrogens is 2. The number of hydrogen-bond donors (Lipinski definition) is 2. The molecule has 0 aliphatic carbocycles. The number of hydrogen-bond acceptors (Lipinski definition) is 5. The maximum absolute atomic E-state index is 15.6. The Kier molecular flexibility index (Phi) is 13.2. The average molecular weight is 676 g/mol. The van der Waals surface area contributed by atoms with E-state index in [1.165, 1.54) is 38.7 Å². The summed E-state index contributed by atoms with van der Waals surface area (Å²) in [4.78, 5) is 39.0. The van der Waals surface area contributed by atoms with Crippen molar-refractivity contribution in [3.63, 3.8) is 0 Å². The Hall–Kier alpha value is -4.78. The van der Waals surface area contributed by atoms with Crippen LogP contribution in [0.4, 0.5) is 22.0 Å². The number of halogens is 5. The van der Waals surface area contributed by atoms with Crippen LogP contribution in [0.3, 0.4) is 0 Å². The SMILES string of the molecule is CCC.COc1cccc(-c2c(C)n(Cc3c(F)cccc3C(F)(F)F)c(=O)n(CC(NCCCC(=O)O)c3ccccc3)c2=O)c1F. The first kappa shape index (κ1) is 37.7. The molecule has 0 spiro atoms. The number of nitrogens with one attached hydrogen (secondary N) is 1. The summed E-state index contributed by atoms with van der Waals surface area (Å²) in [7, 11) is 1.21. The highest BCUT2D eigenvalue weighted by atomic mass is 19.4. The van der Waals surface area contributed by atoms with Crippen molar-refractivity contribution < 1.29 is 36.6 Å². The van der Waals surface area contributed by atoms with Crippen LogP contribution in [0.5, 0.6) is 5.75 Å². The third-order valence-electron chi connectivity index (χ3n) is 7.41. The van der Waals surface area contributed by atoms with E-state index in [9.17, 15) is 31.9 Å². The minimum Gasteiger partial charge on any atom is -0.494 e. The van der Waals surface area contributed by atoms with E-state index in [0.29, 0.717) is 11.6 Å². The molecule has 0 amide bonds. The molecule has 0 aliphatic heterocycles. The van der Waals surface area contributed by atoms with Gasteiger partial charge in [0.05, 0.1) is 37.4 Å². The molecule has 2 N–H and O–H groups in total. The first-order valence-electron chi connectivity index (χ1n) is 15.3. The number of benzene rings is 3. The number of rotatable bonds is 12. The van der Waals surface area contributed by atoms with Crippen LogP contribution in [0.25, 0.3) is 11.1 Å². The van der Waals surface area contributed by atoms with Crippen molar-refractivity contribution in [2.24, 2.45) is 0 Å². The van der Waals surface area contributed by atoms with Crippen molar-refractivity contribution in [3.8, 4) is 16.9 Å². The number of carboxylic acid groups (broad SMARTS) is 1. The van der Waals surface area contributed by atoms with Gasteiger partial charge in [0.2, 0.25) is 0 Å². The smallest absolute Gasteiger partial charge is 0.416 e. The van der Waals surface area contributed by atoms with E-state index < -0.39 is 58.7 Å². The summed E-state index contributed by atoms with van der Waals surface area (Å²) in [5.74, 6) is -3.39. The molecule has 13 heteroatoms. The van der Waals surface area contributed by atoms with Gasteiger partial charge in [-0.05, 0) is 43.7 Å². The van der Waals surface area contributed by atoms with E-state index >= 15 is 4.39 Å². The molecule has 1 unspecified atom stereocenters. The Morgan fingerprint density at radius 3 is 2.21 bits per heavy atom. The Bertz CT molecular complexity index is 1820. The molecule has 258 valence electrons. The minimum atomic E-state index is -4.95. The standard InChI is InChI=1S/C32H30F5N3O5.C3H8/c1-19-28(21-11-6-14-26(45-2)29(21)34)30(43)40(18-25(20-9-4-3-5-10-20)38-16-8-15-27(41)42)31(44)39(19)17-22-23(32(35,36)37)12-7-13-24(22)33;1-3-2/h3-7,9-14,25,38H,8,15-18H2,1-2H3,(H,41,42);3H2,1-2H3. The van der Waals surface area contributed by atoms with Crippen LogP contribution in [-0.4, -0.2) is 33.9 Å². The molecule has 0 aliphatic rings. The van der Waals surface area contributed by atoms with Gasteiger partial charge < -0.3 is 15.2 Å². The van der Waals surface area contributed by atoms with Gasteiger partial charge in [0, 0.05) is 23.2 Å². The highest BCUT2D eigenvalue weighted by Gasteiger charge is 2.35. The van der Waals surface area contributed by atoms with Gasteiger partial charge in [-0.25, -0.2) is 13.6 Å². The number of nitrogens with zero attached hydrogens (tertiary/aromatic N) is 2. The van der Waals surface area contributed by atoms with Gasteiger partial charge >= 0.3 is 17.8 Å². The van der Waals surface area contributed by atoms with Crippen LogP contribution in [0.2, 0.25) is 0 Å². The molecule has 0 saturated carbocycles. The molecular formula is C35H38F5N3O5. The second kappa shape index (κ2) is 16.9. The van der Waals surface area contributed by atoms with E-state index in [1.807, 2.05) is 0 Å². The second-order valence-electron chi connectivity index (χ2n) is 11.0. The number of alkyl halides is 3. The topological polar surface area (TPSA) is 103 Å². The number of ether oxygens (including phenoxy) is 1. The normalized spacial score (nSPS) is 11.9. The molecule has 4 aromatic rings. The van der Waals surface area contributed by atoms with E-state index in [4.69, 9.17) is 9.84 Å². The summed E-state index contributed by atoms with van der Waals surface area (Å²) in [5.41, 5.74) is -4.27. The van der Waals surface area contributed by atoms with Crippen LogP contribution in [0.1, 0.15) is 61.5 Å². The fourth-order valence-corrected chi connectivity index (χ4v) is 5.13. The Balaban J connectivity index is 0.00000201. The molecule has 48 heavy (non-hydrogen) atoms. The van der Waals surface area contributed by atoms with Crippen LogP contribution >= 0.6 is 0 Å². The van der Waals surface area contributed by atoms with Crippen molar-refractivity contribution in [2.75, 3.05) is 13.7 Å². The predicted molar refractivity (Wildman–Crippen MR) is 172 cm³/mol. The fourth-order valence-electron chi connectivity index (χ4n) is 5.13. The highest BCUT2D eigenvalue weighted by Crippen LogP contribution is 2.34. The summed E-state index contributed by atoms with van der Waals surface area (Å²) in [5, 5.41) is 12.1. The van der Waals surface area contributed by atoms with Crippen LogP contribution in [-0.2, 0) is 24.1 Å². The zero-order chi connectivity index (χ0) is 35.6. The fraction of sp³-hybridized carbons (Fsp3) is 0.343. The van der Waals surface area contributed by atoms with Crippen LogP contribution in [0, 0.1) is 18.6 Å². The molecule has 1 heterocycles. The lowest BCUT2D eigenvalue weighted by molar-refractivity contribution is -0.138. The lowest BCUT2D eigenvalue weighted by atomic mass is 10.0. The summed E-state index contributed by atoms with van der Waals surface area (Å²) < 4.78 is 78.8. The third kappa shape index (κ3) is 8.97. The zero-order valence-electron chi connectivity index (χ0n) is 27.0. The van der Waals surface area contributed by atoms with Crippen molar-refractivity contribution >= 4 is 5.97 Å². The van der Waals surface area contributed by atoms with E-state index in [-0.39, 0.29) is 48.5 Å². The van der Waals surface area contributed by atoms with Gasteiger partial charge in [-0.15, -0.1) is 0 Å². The highest BCUT2D eigenvalue weighted by molar-refractivity contribution is 5.68. The molecule has 1 aromatic heterocycles. The maximum Gasteiger partial charge on any atom is 0.416 e. The third-order valence-corrected chi connectivity index (χ3v) is 7.41. The molecular weight excluding hydrogens is 637 g/mol. The van der Waals surface area contributed by atoms with Crippen molar-refractivity contribution in [2.45, 2.75) is 65.3 Å². The molecule has 0 radical (unpaired) electrons. The van der Waals surface area contributed by atoms with Gasteiger partial charge in [0.15, 0.2) is 11.6 Å². The minimum absolute atomic E-state index is 0.144. The zero-order valence-corrected chi connectivity index (χ0v) is 27.0. The van der Waals surface area contributed by atoms with Crippen molar-refractivity contribution in [1.82, 2.24) is 14.5 Å². The largest absolute Gasteiger partial charge is 0.494 e. The lowest BCUT2D eigenvalue weighted by Gasteiger charge is -2.23. The summed E-state index contributed by atoms with van der Waals surface area (Å²) in [6, 6.07) is 14.2. The molecule has 0 bridgehead atoms. The van der Waals surface area contributed by atoms with Gasteiger partial charge in [-0.3, -0.25) is 18.7 Å². The second-order valence-corrected chi connectivity index (χ2v) is 11.0. The Morgan fingerprint density at radius 1 is 0.958 bits per heavy atom. The number of carbonyl (C=O) groups is 1. The molecule has 8 nitrogen and oxygen atoms in total. The Labute approximate surface area is 274 Å². The first-order valence-corrected chi connectivity index (χ1v) is 15.3. The van der Waals surface area contributed by atoms with Gasteiger partial charge in [0.25, 0.3) is 5.56 Å². The van der Waals surface area contributed by atoms with Gasteiger partial charge in [-0.1, -0.05) is 68.8 Å². The van der Waals surface area contributed by atoms with Crippen LogP contribution < -0.4 is 21.3 Å². The number of carboxylic acids is 1. The molecule has 0 fully saturated rings. The quantitative estimate of drug-likeness (QED) is 0.125. The van der Waals surface area contributed by atoms with E-state index in [0.717, 1.165) is 21.3 Å².